The molecule has 3 atom stereocenters. The van der Waals surface area contributed by atoms with Crippen molar-refractivity contribution in [1.29, 1.82) is 0 Å². The third-order valence-electron chi connectivity index (χ3n) is 5.86. The molecule has 5 nitrogen and oxygen atoms in total. The van der Waals surface area contributed by atoms with Crippen LogP contribution >= 0.6 is 0 Å². The van der Waals surface area contributed by atoms with Gasteiger partial charge in [-0.2, -0.15) is 0 Å². The average molecular weight is 398 g/mol. The van der Waals surface area contributed by atoms with Gasteiger partial charge in [-0.3, -0.25) is 4.79 Å². The zero-order chi connectivity index (χ0) is 21.0. The first kappa shape index (κ1) is 21.2. The fraction of sp³-hybridized carbons (Fsp3) is 0.458. The van der Waals surface area contributed by atoms with E-state index >= 15 is 0 Å². The molecule has 2 N–H and O–H groups in total. The van der Waals surface area contributed by atoms with E-state index in [4.69, 9.17) is 9.47 Å². The van der Waals surface area contributed by atoms with E-state index in [1.165, 1.54) is 27.2 Å². The lowest BCUT2D eigenvalue weighted by Gasteiger charge is -2.38. The van der Waals surface area contributed by atoms with Crippen molar-refractivity contribution in [2.75, 3.05) is 20.8 Å². The summed E-state index contributed by atoms with van der Waals surface area (Å²) in [6, 6.07) is 13.0. The topological polar surface area (TPSA) is 52.0 Å². The summed E-state index contributed by atoms with van der Waals surface area (Å²) in [6.45, 7) is 8.06. The number of amides is 1. The number of carbonyl (C=O) groups is 1. The molecular formula is C24H33N2O3+. The van der Waals surface area contributed by atoms with Gasteiger partial charge in [-0.05, 0) is 31.5 Å². The molecule has 0 spiro atoms. The van der Waals surface area contributed by atoms with Gasteiger partial charge in [0.05, 0.1) is 26.8 Å². The van der Waals surface area contributed by atoms with Crippen molar-refractivity contribution in [3.05, 3.63) is 58.7 Å². The van der Waals surface area contributed by atoms with Crippen molar-refractivity contribution in [2.45, 2.75) is 52.2 Å². The van der Waals surface area contributed by atoms with Crippen LogP contribution in [-0.2, 0) is 17.8 Å². The molecule has 1 amide bonds. The fourth-order valence-electron chi connectivity index (χ4n) is 4.46. The van der Waals surface area contributed by atoms with Gasteiger partial charge in [0.25, 0.3) is 0 Å². The Morgan fingerprint density at radius 2 is 1.93 bits per heavy atom. The van der Waals surface area contributed by atoms with Gasteiger partial charge in [0.1, 0.15) is 12.6 Å². The smallest absolute Gasteiger partial charge is 0.220 e. The first-order chi connectivity index (χ1) is 14.0. The second-order valence-corrected chi connectivity index (χ2v) is 7.92. The van der Waals surface area contributed by atoms with Gasteiger partial charge in [-0.1, -0.05) is 36.8 Å². The Balaban J connectivity index is 1.99. The molecule has 29 heavy (non-hydrogen) atoms. The normalized spacial score (nSPS) is 19.2. The fourth-order valence-corrected chi connectivity index (χ4v) is 4.46. The Kier molecular flexibility index (Phi) is 6.80. The number of benzene rings is 2. The number of methoxy groups -OCH3 is 2. The van der Waals surface area contributed by atoms with Gasteiger partial charge < -0.3 is 19.7 Å². The van der Waals surface area contributed by atoms with Crippen LogP contribution in [0.25, 0.3) is 0 Å². The van der Waals surface area contributed by atoms with E-state index in [0.717, 1.165) is 31.0 Å². The van der Waals surface area contributed by atoms with E-state index in [0.29, 0.717) is 6.42 Å². The maximum absolute atomic E-state index is 12.1. The van der Waals surface area contributed by atoms with E-state index in [1.54, 1.807) is 14.2 Å². The van der Waals surface area contributed by atoms with Crippen molar-refractivity contribution in [2.24, 2.45) is 0 Å². The molecule has 0 aliphatic carbocycles. The third-order valence-corrected chi connectivity index (χ3v) is 5.86. The summed E-state index contributed by atoms with van der Waals surface area (Å²) in [5, 5.41) is 3.20. The van der Waals surface area contributed by atoms with Crippen LogP contribution in [0, 0.1) is 6.92 Å². The van der Waals surface area contributed by atoms with Gasteiger partial charge >= 0.3 is 0 Å². The van der Waals surface area contributed by atoms with Crippen LogP contribution in [0.1, 0.15) is 48.6 Å². The zero-order valence-electron chi connectivity index (χ0n) is 18.2. The molecule has 1 aliphatic heterocycles. The highest BCUT2D eigenvalue weighted by Gasteiger charge is 2.37. The highest BCUT2D eigenvalue weighted by molar-refractivity contribution is 5.75. The van der Waals surface area contributed by atoms with Gasteiger partial charge in [0.15, 0.2) is 11.5 Å². The number of hydrogen-bond donors (Lipinski definition) is 2. The van der Waals surface area contributed by atoms with Crippen LogP contribution in [0.2, 0.25) is 0 Å². The number of hydrogen-bond acceptors (Lipinski definition) is 3. The van der Waals surface area contributed by atoms with Gasteiger partial charge in [0.2, 0.25) is 5.91 Å². The molecule has 5 heteroatoms. The molecule has 156 valence electrons. The summed E-state index contributed by atoms with van der Waals surface area (Å²) < 4.78 is 11.1. The van der Waals surface area contributed by atoms with Gasteiger partial charge in [-0.15, -0.1) is 0 Å². The minimum Gasteiger partial charge on any atom is -0.493 e. The summed E-state index contributed by atoms with van der Waals surface area (Å²) in [7, 11) is 3.34. The van der Waals surface area contributed by atoms with E-state index in [-0.39, 0.29) is 18.0 Å². The standard InChI is InChI=1S/C24H32N2O3/c1-6-23(27)25-17(3)24-20-14-22(29-5)21(28-4)13-19(20)10-11-26(24)15-18-9-7-8-16(2)12-18/h7-9,12-14,17,24H,6,10-11,15H2,1-5H3,(H,25,27)/p+1/t17-,24+/m0/s1. The molecule has 3 rings (SSSR count). The molecular weight excluding hydrogens is 364 g/mol. The zero-order valence-corrected chi connectivity index (χ0v) is 18.2. The number of aryl methyl sites for hydroxylation is 1. The van der Waals surface area contributed by atoms with E-state index in [9.17, 15) is 4.79 Å². The Hall–Kier alpha value is -2.53. The summed E-state index contributed by atoms with van der Waals surface area (Å²) in [6.07, 6.45) is 1.46. The number of nitrogens with one attached hydrogen (secondary N) is 2. The molecule has 2 aromatic carbocycles. The maximum atomic E-state index is 12.1. The minimum absolute atomic E-state index is 0.0133. The number of rotatable bonds is 7. The van der Waals surface area contributed by atoms with Crippen LogP contribution in [-0.4, -0.2) is 32.7 Å². The molecule has 1 aliphatic rings. The largest absolute Gasteiger partial charge is 0.493 e. The minimum atomic E-state index is 0.0133. The number of quaternary nitrogens is 1. The molecule has 1 unspecified atom stereocenters. The summed E-state index contributed by atoms with van der Waals surface area (Å²) in [5.41, 5.74) is 5.11. The Morgan fingerprint density at radius 1 is 1.21 bits per heavy atom. The lowest BCUT2D eigenvalue weighted by Crippen LogP contribution is -3.13. The number of ether oxygens (including phenoxy) is 2. The second-order valence-electron chi connectivity index (χ2n) is 7.92. The SMILES string of the molecule is CCC(=O)N[C@@H](C)[C@@H]1c2cc(OC)c(OC)cc2CC[NH+]1Cc1cccc(C)c1. The van der Waals surface area contributed by atoms with Crippen molar-refractivity contribution in [3.8, 4) is 11.5 Å². The molecule has 0 radical (unpaired) electrons. The van der Waals surface area contributed by atoms with Crippen LogP contribution < -0.4 is 19.7 Å². The quantitative estimate of drug-likeness (QED) is 0.755. The summed E-state index contributed by atoms with van der Waals surface area (Å²) in [4.78, 5) is 13.6. The summed E-state index contributed by atoms with van der Waals surface area (Å²) >= 11 is 0. The van der Waals surface area contributed by atoms with Crippen molar-refractivity contribution >= 4 is 5.91 Å². The predicted molar refractivity (Wildman–Crippen MR) is 115 cm³/mol. The number of carbonyl (C=O) groups excluding carboxylic acids is 1. The lowest BCUT2D eigenvalue weighted by molar-refractivity contribution is -0.948. The van der Waals surface area contributed by atoms with E-state index in [1.807, 2.05) is 6.92 Å². The molecule has 0 aromatic heterocycles. The average Bonchev–Trinajstić information content (AvgIpc) is 2.72. The second kappa shape index (κ2) is 9.31. The van der Waals surface area contributed by atoms with Crippen molar-refractivity contribution < 1.29 is 19.2 Å². The van der Waals surface area contributed by atoms with Gasteiger partial charge in [0, 0.05) is 24.0 Å². The molecule has 1 heterocycles. The lowest BCUT2D eigenvalue weighted by atomic mass is 9.87. The number of fused-ring (bicyclic) bond motifs is 1. The Bertz CT molecular complexity index is 865. The Labute approximate surface area is 174 Å². The van der Waals surface area contributed by atoms with Gasteiger partial charge in [-0.25, -0.2) is 0 Å². The van der Waals surface area contributed by atoms with Crippen LogP contribution in [0.15, 0.2) is 36.4 Å². The van der Waals surface area contributed by atoms with E-state index < -0.39 is 0 Å². The molecule has 0 saturated heterocycles. The monoisotopic (exact) mass is 397 g/mol. The highest BCUT2D eigenvalue weighted by atomic mass is 16.5. The first-order valence-electron chi connectivity index (χ1n) is 10.4. The van der Waals surface area contributed by atoms with E-state index in [2.05, 4.69) is 55.6 Å². The highest BCUT2D eigenvalue weighted by Crippen LogP contribution is 2.35. The first-order valence-corrected chi connectivity index (χ1v) is 10.4. The summed E-state index contributed by atoms with van der Waals surface area (Å²) in [5.74, 6) is 1.58. The van der Waals surface area contributed by atoms with Crippen LogP contribution in [0.3, 0.4) is 0 Å². The molecule has 2 aromatic rings. The molecule has 0 fully saturated rings. The van der Waals surface area contributed by atoms with Crippen molar-refractivity contribution in [3.63, 3.8) is 0 Å². The molecule has 0 bridgehead atoms. The Morgan fingerprint density at radius 3 is 2.59 bits per heavy atom. The molecule has 0 saturated carbocycles. The van der Waals surface area contributed by atoms with Crippen LogP contribution in [0.4, 0.5) is 0 Å². The van der Waals surface area contributed by atoms with Crippen molar-refractivity contribution in [1.82, 2.24) is 5.32 Å². The maximum Gasteiger partial charge on any atom is 0.220 e. The van der Waals surface area contributed by atoms with Crippen LogP contribution in [0.5, 0.6) is 11.5 Å². The predicted octanol–water partition coefficient (Wildman–Crippen LogP) is 2.61. The third kappa shape index (κ3) is 4.73.